The first-order valence-electron chi connectivity index (χ1n) is 7.14. The van der Waals surface area contributed by atoms with Crippen molar-refractivity contribution in [2.24, 2.45) is 0 Å². The Morgan fingerprint density at radius 3 is 3.00 bits per heavy atom. The van der Waals surface area contributed by atoms with E-state index >= 15 is 0 Å². The van der Waals surface area contributed by atoms with Crippen LogP contribution in [0.25, 0.3) is 0 Å². The van der Waals surface area contributed by atoms with Crippen LogP contribution in [-0.2, 0) is 19.6 Å². The molecule has 0 fully saturated rings. The summed E-state index contributed by atoms with van der Waals surface area (Å²) in [5.74, 6) is 1.91. The predicted molar refractivity (Wildman–Crippen MR) is 82.3 cm³/mol. The van der Waals surface area contributed by atoms with Crippen molar-refractivity contribution in [3.63, 3.8) is 0 Å². The smallest absolute Gasteiger partial charge is 0.152 e. The molecule has 0 bridgehead atoms. The maximum atomic E-state index is 6.23. The Balaban J connectivity index is 1.78. The number of nitrogens with zero attached hydrogens (tertiary/aromatic N) is 5. The van der Waals surface area contributed by atoms with Gasteiger partial charge in [-0.25, -0.2) is 4.98 Å². The fourth-order valence-corrected chi connectivity index (χ4v) is 2.51. The topological polar surface area (TPSA) is 58.9 Å². The van der Waals surface area contributed by atoms with Gasteiger partial charge in [0, 0.05) is 25.7 Å². The monoisotopic (exact) mass is 306 g/mol. The predicted octanol–water partition coefficient (Wildman–Crippen LogP) is 1.84. The van der Waals surface area contributed by atoms with Crippen molar-refractivity contribution >= 4 is 17.4 Å². The van der Waals surface area contributed by atoms with Crippen LogP contribution in [-0.4, -0.2) is 32.3 Å². The van der Waals surface area contributed by atoms with Crippen LogP contribution in [0.5, 0.6) is 0 Å². The van der Waals surface area contributed by atoms with E-state index in [1.165, 1.54) is 0 Å². The van der Waals surface area contributed by atoms with Gasteiger partial charge in [-0.15, -0.1) is 10.2 Å². The molecule has 112 valence electrons. The number of rotatable bonds is 4. The third kappa shape index (κ3) is 3.16. The minimum Gasteiger partial charge on any atom is -0.347 e. The molecule has 2 aromatic rings. The van der Waals surface area contributed by atoms with E-state index in [1.807, 2.05) is 12.1 Å². The number of hydrogen-bond acceptors (Lipinski definition) is 5. The molecule has 0 aromatic carbocycles. The van der Waals surface area contributed by atoms with Crippen molar-refractivity contribution < 1.29 is 0 Å². The molecule has 0 unspecified atom stereocenters. The summed E-state index contributed by atoms with van der Waals surface area (Å²) in [7, 11) is 0. The molecule has 0 saturated heterocycles. The highest BCUT2D eigenvalue weighted by atomic mass is 35.5. The molecule has 6 nitrogen and oxygen atoms in total. The first-order chi connectivity index (χ1) is 10.1. The molecule has 0 saturated carbocycles. The molecule has 1 N–H and O–H groups in total. The Bertz CT molecular complexity index is 624. The number of pyridine rings is 1. The Morgan fingerprint density at radius 1 is 1.33 bits per heavy atom. The largest absolute Gasteiger partial charge is 0.347 e. The van der Waals surface area contributed by atoms with Crippen molar-refractivity contribution in [3.8, 4) is 0 Å². The Hall–Kier alpha value is -1.66. The SMILES string of the molecule is CC(C)NCc1nc(N2CCn3cnnc3C2)ccc1Cl. The number of anilines is 1. The van der Waals surface area contributed by atoms with Crippen molar-refractivity contribution in [2.45, 2.75) is 39.5 Å². The second-order valence-corrected chi connectivity index (χ2v) is 5.90. The average molecular weight is 307 g/mol. The van der Waals surface area contributed by atoms with E-state index in [2.05, 4.69) is 38.8 Å². The lowest BCUT2D eigenvalue weighted by Gasteiger charge is -2.28. The van der Waals surface area contributed by atoms with Crippen LogP contribution in [0.15, 0.2) is 18.5 Å². The molecule has 0 radical (unpaired) electrons. The molecule has 3 rings (SSSR count). The molecule has 1 aliphatic heterocycles. The van der Waals surface area contributed by atoms with Crippen LogP contribution >= 0.6 is 11.6 Å². The van der Waals surface area contributed by atoms with Crippen molar-refractivity contribution in [1.82, 2.24) is 25.1 Å². The normalized spacial score (nSPS) is 14.6. The third-order valence-electron chi connectivity index (χ3n) is 3.54. The molecule has 1 aliphatic rings. The van der Waals surface area contributed by atoms with Crippen molar-refractivity contribution in [3.05, 3.63) is 35.0 Å². The molecule has 3 heterocycles. The van der Waals surface area contributed by atoms with Crippen molar-refractivity contribution in [2.75, 3.05) is 11.4 Å². The van der Waals surface area contributed by atoms with Gasteiger partial charge in [-0.3, -0.25) is 0 Å². The van der Waals surface area contributed by atoms with Crippen LogP contribution in [0, 0.1) is 0 Å². The standard InChI is InChI=1S/C14H19ClN6/c1-10(2)16-7-12-11(15)3-4-13(18-12)20-5-6-21-9-17-19-14(21)8-20/h3-4,9-10,16H,5-8H2,1-2H3. The number of aromatic nitrogens is 4. The zero-order chi connectivity index (χ0) is 14.8. The summed E-state index contributed by atoms with van der Waals surface area (Å²) < 4.78 is 2.08. The van der Waals surface area contributed by atoms with Gasteiger partial charge in [-0.1, -0.05) is 25.4 Å². The van der Waals surface area contributed by atoms with E-state index in [4.69, 9.17) is 16.6 Å². The molecular formula is C14H19ClN6. The van der Waals surface area contributed by atoms with Gasteiger partial charge in [-0.05, 0) is 12.1 Å². The van der Waals surface area contributed by atoms with Gasteiger partial charge in [0.2, 0.25) is 0 Å². The van der Waals surface area contributed by atoms with Crippen LogP contribution in [0.4, 0.5) is 5.82 Å². The Morgan fingerprint density at radius 2 is 2.19 bits per heavy atom. The zero-order valence-corrected chi connectivity index (χ0v) is 13.0. The van der Waals surface area contributed by atoms with Crippen LogP contribution in [0.2, 0.25) is 5.02 Å². The fourth-order valence-electron chi connectivity index (χ4n) is 2.34. The maximum absolute atomic E-state index is 6.23. The number of hydrogen-bond donors (Lipinski definition) is 1. The molecule has 0 spiro atoms. The molecule has 7 heteroatoms. The van der Waals surface area contributed by atoms with E-state index in [9.17, 15) is 0 Å². The fraction of sp³-hybridized carbons (Fsp3) is 0.500. The van der Waals surface area contributed by atoms with E-state index < -0.39 is 0 Å². The van der Waals surface area contributed by atoms with Gasteiger partial charge < -0.3 is 14.8 Å². The lowest BCUT2D eigenvalue weighted by Crippen LogP contribution is -2.34. The summed E-state index contributed by atoms with van der Waals surface area (Å²) in [6.45, 7) is 7.40. The Kier molecular flexibility index (Phi) is 4.07. The Labute approximate surface area is 129 Å². The van der Waals surface area contributed by atoms with Gasteiger partial charge in [0.15, 0.2) is 5.82 Å². The second-order valence-electron chi connectivity index (χ2n) is 5.50. The van der Waals surface area contributed by atoms with Crippen LogP contribution < -0.4 is 10.2 Å². The second kappa shape index (κ2) is 5.99. The van der Waals surface area contributed by atoms with Gasteiger partial charge in [0.1, 0.15) is 12.1 Å². The van der Waals surface area contributed by atoms with Crippen LogP contribution in [0.1, 0.15) is 25.4 Å². The zero-order valence-electron chi connectivity index (χ0n) is 12.3. The molecule has 2 aromatic heterocycles. The first-order valence-corrected chi connectivity index (χ1v) is 7.51. The minimum absolute atomic E-state index is 0.403. The third-order valence-corrected chi connectivity index (χ3v) is 3.89. The highest BCUT2D eigenvalue weighted by molar-refractivity contribution is 6.31. The number of halogens is 1. The highest BCUT2D eigenvalue weighted by Gasteiger charge is 2.19. The van der Waals surface area contributed by atoms with E-state index in [0.717, 1.165) is 37.0 Å². The lowest BCUT2D eigenvalue weighted by atomic mass is 10.3. The molecule has 0 aliphatic carbocycles. The van der Waals surface area contributed by atoms with Crippen molar-refractivity contribution in [1.29, 1.82) is 0 Å². The highest BCUT2D eigenvalue weighted by Crippen LogP contribution is 2.22. The minimum atomic E-state index is 0.403. The van der Waals surface area contributed by atoms with Crippen LogP contribution in [0.3, 0.4) is 0 Å². The summed E-state index contributed by atoms with van der Waals surface area (Å²) >= 11 is 6.23. The molecular weight excluding hydrogens is 288 g/mol. The summed E-state index contributed by atoms with van der Waals surface area (Å²) in [6.07, 6.45) is 1.78. The quantitative estimate of drug-likeness (QED) is 0.934. The molecule has 0 amide bonds. The molecule has 0 atom stereocenters. The van der Waals surface area contributed by atoms with E-state index in [-0.39, 0.29) is 0 Å². The number of fused-ring (bicyclic) bond motifs is 1. The van der Waals surface area contributed by atoms with Gasteiger partial charge in [0.25, 0.3) is 0 Å². The summed E-state index contributed by atoms with van der Waals surface area (Å²) in [4.78, 5) is 6.91. The molecule has 21 heavy (non-hydrogen) atoms. The average Bonchev–Trinajstić information content (AvgIpc) is 2.93. The maximum Gasteiger partial charge on any atom is 0.152 e. The summed E-state index contributed by atoms with van der Waals surface area (Å²) in [5, 5.41) is 12.1. The van der Waals surface area contributed by atoms with Gasteiger partial charge >= 0.3 is 0 Å². The summed E-state index contributed by atoms with van der Waals surface area (Å²) in [6, 6.07) is 4.29. The van der Waals surface area contributed by atoms with Gasteiger partial charge in [-0.2, -0.15) is 0 Å². The van der Waals surface area contributed by atoms with Gasteiger partial charge in [0.05, 0.1) is 17.3 Å². The number of nitrogens with one attached hydrogen (secondary N) is 1. The first kappa shape index (κ1) is 14.3. The lowest BCUT2D eigenvalue weighted by molar-refractivity contribution is 0.552. The summed E-state index contributed by atoms with van der Waals surface area (Å²) in [5.41, 5.74) is 0.884. The van der Waals surface area contributed by atoms with E-state index in [1.54, 1.807) is 6.33 Å². The van der Waals surface area contributed by atoms with E-state index in [0.29, 0.717) is 17.6 Å².